The molecule has 3 aromatic rings. The molecular weight excluding hydrogens is 312 g/mol. The molecule has 0 aliphatic heterocycles. The standard InChI is InChI=1S/C19H11F2NS/c20-18-4-2-1-3-16(18)14-7-10-17(19(21)11-14)13-5-8-15(9-6-13)23-12-22/h1-11H. The van der Waals surface area contributed by atoms with Crippen LogP contribution >= 0.6 is 11.8 Å². The van der Waals surface area contributed by atoms with Crippen molar-refractivity contribution in [3.05, 3.63) is 78.4 Å². The first-order valence-corrected chi connectivity index (χ1v) is 7.71. The van der Waals surface area contributed by atoms with Gasteiger partial charge in [-0.15, -0.1) is 0 Å². The van der Waals surface area contributed by atoms with Crippen molar-refractivity contribution < 1.29 is 8.78 Å². The minimum Gasteiger partial charge on any atom is -0.206 e. The topological polar surface area (TPSA) is 23.8 Å². The van der Waals surface area contributed by atoms with Crippen molar-refractivity contribution in [2.24, 2.45) is 0 Å². The number of hydrogen-bond donors (Lipinski definition) is 0. The second-order valence-electron chi connectivity index (χ2n) is 4.89. The van der Waals surface area contributed by atoms with E-state index in [1.165, 1.54) is 12.1 Å². The largest absolute Gasteiger partial charge is 0.206 e. The number of hydrogen-bond acceptors (Lipinski definition) is 2. The van der Waals surface area contributed by atoms with Gasteiger partial charge in [0.25, 0.3) is 0 Å². The van der Waals surface area contributed by atoms with E-state index in [1.807, 2.05) is 5.40 Å². The van der Waals surface area contributed by atoms with Gasteiger partial charge in [0.1, 0.15) is 17.0 Å². The van der Waals surface area contributed by atoms with Crippen LogP contribution in [0.2, 0.25) is 0 Å². The van der Waals surface area contributed by atoms with Crippen molar-refractivity contribution in [1.82, 2.24) is 0 Å². The smallest absolute Gasteiger partial charge is 0.138 e. The Morgan fingerprint density at radius 3 is 2.04 bits per heavy atom. The number of benzene rings is 3. The van der Waals surface area contributed by atoms with Crippen LogP contribution < -0.4 is 0 Å². The van der Waals surface area contributed by atoms with Crippen LogP contribution in [0.4, 0.5) is 8.78 Å². The van der Waals surface area contributed by atoms with Gasteiger partial charge in [-0.05, 0) is 47.2 Å². The molecular formula is C19H11F2NS. The van der Waals surface area contributed by atoms with Crippen LogP contribution in [0.15, 0.2) is 71.6 Å². The molecule has 0 saturated carbocycles. The highest BCUT2D eigenvalue weighted by atomic mass is 32.2. The third-order valence-corrected chi connectivity index (χ3v) is 4.08. The SMILES string of the molecule is N#CSc1ccc(-c2ccc(-c3ccccc3F)cc2F)cc1. The zero-order chi connectivity index (χ0) is 16.2. The van der Waals surface area contributed by atoms with Gasteiger partial charge in [-0.2, -0.15) is 5.26 Å². The number of thiocyanates is 1. The molecule has 0 amide bonds. The summed E-state index contributed by atoms with van der Waals surface area (Å²) in [6.45, 7) is 0. The van der Waals surface area contributed by atoms with E-state index in [0.717, 1.165) is 16.7 Å². The molecule has 112 valence electrons. The predicted molar refractivity (Wildman–Crippen MR) is 88.7 cm³/mol. The van der Waals surface area contributed by atoms with E-state index in [1.54, 1.807) is 54.6 Å². The fraction of sp³-hybridized carbons (Fsp3) is 0. The summed E-state index contributed by atoms with van der Waals surface area (Å²) >= 11 is 1.05. The maximum atomic E-state index is 14.4. The third kappa shape index (κ3) is 3.25. The van der Waals surface area contributed by atoms with Crippen molar-refractivity contribution in [3.8, 4) is 27.7 Å². The molecule has 1 nitrogen and oxygen atoms in total. The zero-order valence-corrected chi connectivity index (χ0v) is 12.8. The minimum absolute atomic E-state index is 0.374. The van der Waals surface area contributed by atoms with Crippen LogP contribution in [0, 0.1) is 22.3 Å². The van der Waals surface area contributed by atoms with Crippen LogP contribution in [0.5, 0.6) is 0 Å². The molecule has 0 atom stereocenters. The molecule has 0 aliphatic carbocycles. The van der Waals surface area contributed by atoms with Gasteiger partial charge in [-0.25, -0.2) is 8.78 Å². The molecule has 3 rings (SSSR count). The Morgan fingerprint density at radius 2 is 1.39 bits per heavy atom. The highest BCUT2D eigenvalue weighted by Gasteiger charge is 2.10. The number of halogens is 2. The van der Waals surface area contributed by atoms with E-state index in [4.69, 9.17) is 5.26 Å². The van der Waals surface area contributed by atoms with Crippen LogP contribution in [-0.2, 0) is 0 Å². The average molecular weight is 323 g/mol. The molecule has 0 N–H and O–H groups in total. The summed E-state index contributed by atoms with van der Waals surface area (Å²) in [6, 6.07) is 18.1. The maximum Gasteiger partial charge on any atom is 0.138 e. The molecule has 0 aromatic heterocycles. The van der Waals surface area contributed by atoms with Crippen molar-refractivity contribution in [1.29, 1.82) is 5.26 Å². The monoisotopic (exact) mass is 323 g/mol. The van der Waals surface area contributed by atoms with Crippen molar-refractivity contribution in [2.45, 2.75) is 4.90 Å². The highest BCUT2D eigenvalue weighted by Crippen LogP contribution is 2.30. The molecule has 4 heteroatoms. The summed E-state index contributed by atoms with van der Waals surface area (Å²) < 4.78 is 28.2. The van der Waals surface area contributed by atoms with E-state index in [0.29, 0.717) is 22.3 Å². The quantitative estimate of drug-likeness (QED) is 0.444. The molecule has 23 heavy (non-hydrogen) atoms. The molecule has 0 aliphatic rings. The summed E-state index contributed by atoms with van der Waals surface area (Å²) in [5.74, 6) is -0.788. The normalized spacial score (nSPS) is 10.3. The Morgan fingerprint density at radius 1 is 0.739 bits per heavy atom. The Hall–Kier alpha value is -2.64. The second kappa shape index (κ2) is 6.64. The lowest BCUT2D eigenvalue weighted by molar-refractivity contribution is 0.626. The first-order chi connectivity index (χ1) is 11.2. The zero-order valence-electron chi connectivity index (χ0n) is 12.0. The van der Waals surface area contributed by atoms with Crippen molar-refractivity contribution in [3.63, 3.8) is 0 Å². The Kier molecular flexibility index (Phi) is 4.40. The summed E-state index contributed by atoms with van der Waals surface area (Å²) in [7, 11) is 0. The van der Waals surface area contributed by atoms with Crippen LogP contribution in [0.3, 0.4) is 0 Å². The van der Waals surface area contributed by atoms with Gasteiger partial charge >= 0.3 is 0 Å². The minimum atomic E-state index is -0.411. The van der Waals surface area contributed by atoms with Crippen LogP contribution in [0.1, 0.15) is 0 Å². The molecule has 0 heterocycles. The lowest BCUT2D eigenvalue weighted by atomic mass is 9.99. The number of nitrogens with zero attached hydrogens (tertiary/aromatic N) is 1. The van der Waals surface area contributed by atoms with Gasteiger partial charge in [0.2, 0.25) is 0 Å². The summed E-state index contributed by atoms with van der Waals surface area (Å²) in [5.41, 5.74) is 2.03. The Labute approximate surface area is 137 Å². The molecule has 0 radical (unpaired) electrons. The van der Waals surface area contributed by atoms with Gasteiger partial charge in [0, 0.05) is 16.0 Å². The number of thioether (sulfide) groups is 1. The Bertz CT molecular complexity index is 883. The molecule has 0 bridgehead atoms. The van der Waals surface area contributed by atoms with E-state index in [-0.39, 0.29) is 5.82 Å². The first-order valence-electron chi connectivity index (χ1n) is 6.90. The molecule has 0 spiro atoms. The maximum absolute atomic E-state index is 14.4. The van der Waals surface area contributed by atoms with E-state index < -0.39 is 5.82 Å². The molecule has 0 saturated heterocycles. The first kappa shape index (κ1) is 15.3. The van der Waals surface area contributed by atoms with Gasteiger partial charge in [-0.1, -0.05) is 42.5 Å². The fourth-order valence-corrected chi connectivity index (χ4v) is 2.74. The van der Waals surface area contributed by atoms with Gasteiger partial charge in [0.15, 0.2) is 0 Å². The van der Waals surface area contributed by atoms with E-state index in [2.05, 4.69) is 0 Å². The van der Waals surface area contributed by atoms with Crippen molar-refractivity contribution >= 4 is 11.8 Å². The highest BCUT2D eigenvalue weighted by molar-refractivity contribution is 8.03. The second-order valence-corrected chi connectivity index (χ2v) is 5.75. The summed E-state index contributed by atoms with van der Waals surface area (Å²) in [6.07, 6.45) is 0. The third-order valence-electron chi connectivity index (χ3n) is 3.48. The van der Waals surface area contributed by atoms with E-state index in [9.17, 15) is 8.78 Å². The average Bonchev–Trinajstić information content (AvgIpc) is 2.56. The Balaban J connectivity index is 1.97. The predicted octanol–water partition coefficient (Wildman–Crippen LogP) is 5.87. The van der Waals surface area contributed by atoms with Crippen molar-refractivity contribution in [2.75, 3.05) is 0 Å². The number of rotatable bonds is 3. The molecule has 0 unspecified atom stereocenters. The lowest BCUT2D eigenvalue weighted by Gasteiger charge is -2.08. The van der Waals surface area contributed by atoms with Gasteiger partial charge < -0.3 is 0 Å². The molecule has 0 fully saturated rings. The van der Waals surface area contributed by atoms with Crippen LogP contribution in [-0.4, -0.2) is 0 Å². The lowest BCUT2D eigenvalue weighted by Crippen LogP contribution is -1.88. The van der Waals surface area contributed by atoms with Crippen LogP contribution in [0.25, 0.3) is 22.3 Å². The number of nitriles is 1. The van der Waals surface area contributed by atoms with E-state index >= 15 is 0 Å². The van der Waals surface area contributed by atoms with Gasteiger partial charge in [-0.3, -0.25) is 0 Å². The fourth-order valence-electron chi connectivity index (χ4n) is 2.37. The summed E-state index contributed by atoms with van der Waals surface area (Å²) in [5, 5.41) is 10.6. The van der Waals surface area contributed by atoms with Gasteiger partial charge in [0.05, 0.1) is 0 Å². The molecule has 3 aromatic carbocycles. The summed E-state index contributed by atoms with van der Waals surface area (Å²) in [4.78, 5) is 0.805.